The molecule has 3 N–H and O–H groups in total. The van der Waals surface area contributed by atoms with E-state index in [2.05, 4.69) is 25.3 Å². The van der Waals surface area contributed by atoms with Crippen LogP contribution in [0.1, 0.15) is 0 Å². The zero-order valence-electron chi connectivity index (χ0n) is 13.8. The first kappa shape index (κ1) is 17.8. The van der Waals surface area contributed by atoms with Crippen molar-refractivity contribution in [3.8, 4) is 0 Å². The van der Waals surface area contributed by atoms with Crippen LogP contribution in [-0.4, -0.2) is 25.4 Å². The number of anilines is 4. The Labute approximate surface area is 150 Å². The Bertz CT molecular complexity index is 1010. The van der Waals surface area contributed by atoms with E-state index in [1.165, 1.54) is 31.4 Å². The van der Waals surface area contributed by atoms with Gasteiger partial charge >= 0.3 is 0 Å². The Balaban J connectivity index is 1.85. The van der Waals surface area contributed by atoms with E-state index in [0.717, 1.165) is 0 Å². The number of rotatable bonds is 6. The Morgan fingerprint density at radius 3 is 2.42 bits per heavy atom. The van der Waals surface area contributed by atoms with Crippen LogP contribution in [0.5, 0.6) is 0 Å². The molecule has 26 heavy (non-hydrogen) atoms. The SMILES string of the molecule is CNS(=O)(=O)c1ccccc1Nc1nccc(Nc2ccc(F)cc2)n1. The molecule has 0 radical (unpaired) electrons. The fourth-order valence-electron chi connectivity index (χ4n) is 2.20. The van der Waals surface area contributed by atoms with Crippen molar-refractivity contribution in [2.75, 3.05) is 17.7 Å². The summed E-state index contributed by atoms with van der Waals surface area (Å²) in [5, 5.41) is 5.93. The van der Waals surface area contributed by atoms with Crippen molar-refractivity contribution >= 4 is 33.2 Å². The maximum absolute atomic E-state index is 13.0. The van der Waals surface area contributed by atoms with Crippen LogP contribution in [0.3, 0.4) is 0 Å². The van der Waals surface area contributed by atoms with Crippen LogP contribution in [0, 0.1) is 5.82 Å². The quantitative estimate of drug-likeness (QED) is 0.615. The minimum Gasteiger partial charge on any atom is -0.340 e. The van der Waals surface area contributed by atoms with Gasteiger partial charge in [0.2, 0.25) is 16.0 Å². The maximum Gasteiger partial charge on any atom is 0.242 e. The van der Waals surface area contributed by atoms with E-state index in [0.29, 0.717) is 17.2 Å². The van der Waals surface area contributed by atoms with Gasteiger partial charge in [-0.3, -0.25) is 0 Å². The highest BCUT2D eigenvalue weighted by atomic mass is 32.2. The molecule has 9 heteroatoms. The Morgan fingerprint density at radius 1 is 0.962 bits per heavy atom. The summed E-state index contributed by atoms with van der Waals surface area (Å²) in [5.74, 6) is 0.363. The van der Waals surface area contributed by atoms with Gasteiger partial charge in [-0.1, -0.05) is 12.1 Å². The lowest BCUT2D eigenvalue weighted by atomic mass is 10.3. The van der Waals surface area contributed by atoms with E-state index in [1.807, 2.05) is 0 Å². The molecule has 0 fully saturated rings. The number of aromatic nitrogens is 2. The van der Waals surface area contributed by atoms with E-state index >= 15 is 0 Å². The van der Waals surface area contributed by atoms with Crippen molar-refractivity contribution in [2.45, 2.75) is 4.90 Å². The number of para-hydroxylation sites is 1. The van der Waals surface area contributed by atoms with E-state index in [4.69, 9.17) is 0 Å². The minimum absolute atomic E-state index is 0.0861. The van der Waals surface area contributed by atoms with Crippen molar-refractivity contribution in [1.29, 1.82) is 0 Å². The predicted molar refractivity (Wildman–Crippen MR) is 97.7 cm³/mol. The molecule has 0 aliphatic heterocycles. The normalized spacial score (nSPS) is 11.2. The molecule has 0 bridgehead atoms. The van der Waals surface area contributed by atoms with Gasteiger partial charge < -0.3 is 10.6 Å². The molecular weight excluding hydrogens is 357 g/mol. The molecule has 1 aromatic heterocycles. The molecule has 2 aromatic carbocycles. The molecule has 0 saturated heterocycles. The first-order valence-corrected chi connectivity index (χ1v) is 9.11. The summed E-state index contributed by atoms with van der Waals surface area (Å²) in [4.78, 5) is 8.48. The van der Waals surface area contributed by atoms with Crippen LogP contribution in [0.2, 0.25) is 0 Å². The number of hydrogen-bond acceptors (Lipinski definition) is 6. The van der Waals surface area contributed by atoms with E-state index in [-0.39, 0.29) is 16.7 Å². The number of halogens is 1. The van der Waals surface area contributed by atoms with Crippen LogP contribution in [-0.2, 0) is 10.0 Å². The number of sulfonamides is 1. The van der Waals surface area contributed by atoms with Gasteiger partial charge in [0.15, 0.2) is 0 Å². The average molecular weight is 373 g/mol. The van der Waals surface area contributed by atoms with Gasteiger partial charge in [0, 0.05) is 11.9 Å². The fourth-order valence-corrected chi connectivity index (χ4v) is 3.09. The molecule has 7 nitrogen and oxygen atoms in total. The van der Waals surface area contributed by atoms with Crippen molar-refractivity contribution in [1.82, 2.24) is 14.7 Å². The van der Waals surface area contributed by atoms with Gasteiger partial charge in [-0.05, 0) is 49.5 Å². The van der Waals surface area contributed by atoms with Gasteiger partial charge in [0.05, 0.1) is 5.69 Å². The molecule has 0 unspecified atom stereocenters. The average Bonchev–Trinajstić information content (AvgIpc) is 2.64. The highest BCUT2D eigenvalue weighted by molar-refractivity contribution is 7.89. The van der Waals surface area contributed by atoms with E-state index < -0.39 is 10.0 Å². The van der Waals surface area contributed by atoms with Crippen LogP contribution in [0.4, 0.5) is 27.5 Å². The second-order valence-electron chi connectivity index (χ2n) is 5.23. The summed E-state index contributed by atoms with van der Waals surface area (Å²) >= 11 is 0. The first-order chi connectivity index (χ1) is 12.5. The number of benzene rings is 2. The second-order valence-corrected chi connectivity index (χ2v) is 7.08. The number of nitrogens with zero attached hydrogens (tertiary/aromatic N) is 2. The largest absolute Gasteiger partial charge is 0.340 e. The Kier molecular flexibility index (Phi) is 5.10. The zero-order chi connectivity index (χ0) is 18.6. The van der Waals surface area contributed by atoms with Gasteiger partial charge in [0.25, 0.3) is 0 Å². The Hall–Kier alpha value is -3.04. The standard InChI is InChI=1S/C17H16FN5O2S/c1-19-26(24,25)15-5-3-2-4-14(15)22-17-20-11-10-16(23-17)21-13-8-6-12(18)7-9-13/h2-11,19H,1H3,(H2,20,21,22,23). The van der Waals surface area contributed by atoms with Crippen LogP contribution in [0.25, 0.3) is 0 Å². The van der Waals surface area contributed by atoms with Gasteiger partial charge in [0.1, 0.15) is 16.5 Å². The highest BCUT2D eigenvalue weighted by Crippen LogP contribution is 2.24. The van der Waals surface area contributed by atoms with Gasteiger partial charge in [-0.25, -0.2) is 22.5 Å². The third-order valence-electron chi connectivity index (χ3n) is 3.46. The molecule has 0 amide bonds. The van der Waals surface area contributed by atoms with Crippen molar-refractivity contribution in [3.05, 3.63) is 66.6 Å². The van der Waals surface area contributed by atoms with Gasteiger partial charge in [-0.15, -0.1) is 0 Å². The molecule has 3 rings (SSSR count). The molecule has 0 atom stereocenters. The van der Waals surface area contributed by atoms with Crippen LogP contribution in [0.15, 0.2) is 65.7 Å². The van der Waals surface area contributed by atoms with Crippen molar-refractivity contribution < 1.29 is 12.8 Å². The number of hydrogen-bond donors (Lipinski definition) is 3. The van der Waals surface area contributed by atoms with E-state index in [9.17, 15) is 12.8 Å². The zero-order valence-corrected chi connectivity index (χ0v) is 14.6. The smallest absolute Gasteiger partial charge is 0.242 e. The van der Waals surface area contributed by atoms with Crippen LogP contribution >= 0.6 is 0 Å². The summed E-state index contributed by atoms with van der Waals surface area (Å²) in [6, 6.07) is 13.9. The molecule has 0 aliphatic rings. The third-order valence-corrected chi connectivity index (χ3v) is 4.94. The summed E-state index contributed by atoms with van der Waals surface area (Å²) in [7, 11) is -2.29. The summed E-state index contributed by atoms with van der Waals surface area (Å²) in [5.41, 5.74) is 1.01. The molecule has 134 valence electrons. The molecule has 0 aliphatic carbocycles. The predicted octanol–water partition coefficient (Wildman–Crippen LogP) is 3.01. The van der Waals surface area contributed by atoms with Crippen molar-refractivity contribution in [2.24, 2.45) is 0 Å². The lowest BCUT2D eigenvalue weighted by molar-refractivity contribution is 0.588. The first-order valence-electron chi connectivity index (χ1n) is 7.63. The summed E-state index contributed by atoms with van der Waals surface area (Å²) < 4.78 is 39.5. The number of nitrogens with one attached hydrogen (secondary N) is 3. The topological polar surface area (TPSA) is 96.0 Å². The summed E-state index contributed by atoms with van der Waals surface area (Å²) in [6.07, 6.45) is 1.52. The highest BCUT2D eigenvalue weighted by Gasteiger charge is 2.16. The lowest BCUT2D eigenvalue weighted by Crippen LogP contribution is -2.19. The molecule has 0 saturated carbocycles. The molecule has 0 spiro atoms. The lowest BCUT2D eigenvalue weighted by Gasteiger charge is -2.12. The fraction of sp³-hybridized carbons (Fsp3) is 0.0588. The van der Waals surface area contributed by atoms with E-state index in [1.54, 1.807) is 36.4 Å². The van der Waals surface area contributed by atoms with Crippen molar-refractivity contribution in [3.63, 3.8) is 0 Å². The van der Waals surface area contributed by atoms with Gasteiger partial charge in [-0.2, -0.15) is 4.98 Å². The third kappa shape index (κ3) is 4.13. The van der Waals surface area contributed by atoms with Crippen LogP contribution < -0.4 is 15.4 Å². The minimum atomic E-state index is -3.63. The monoisotopic (exact) mass is 373 g/mol. The summed E-state index contributed by atoms with van der Waals surface area (Å²) in [6.45, 7) is 0. The second kappa shape index (κ2) is 7.46. The Morgan fingerprint density at radius 2 is 1.69 bits per heavy atom. The molecular formula is C17H16FN5O2S. The molecule has 3 aromatic rings. The maximum atomic E-state index is 13.0. The molecule has 1 heterocycles.